The van der Waals surface area contributed by atoms with Gasteiger partial charge < -0.3 is 10.2 Å². The van der Waals surface area contributed by atoms with Gasteiger partial charge in [-0.05, 0) is 23.3 Å². The molecule has 1 aliphatic heterocycles. The Labute approximate surface area is 112 Å². The maximum Gasteiger partial charge on any atom is 0.146 e. The fourth-order valence-corrected chi connectivity index (χ4v) is 2.52. The lowest BCUT2D eigenvalue weighted by atomic mass is 10.1. The molecule has 2 aromatic rings. The van der Waals surface area contributed by atoms with Crippen LogP contribution in [0.4, 0.5) is 10.1 Å². The van der Waals surface area contributed by atoms with Gasteiger partial charge in [-0.25, -0.2) is 4.39 Å². The number of hydrogen-bond acceptors (Lipinski definition) is 2. The molecule has 19 heavy (non-hydrogen) atoms. The second kappa shape index (κ2) is 5.41. The molecule has 3 heteroatoms. The van der Waals surface area contributed by atoms with Crippen molar-refractivity contribution in [3.63, 3.8) is 0 Å². The van der Waals surface area contributed by atoms with Gasteiger partial charge in [-0.3, -0.25) is 0 Å². The second-order valence-corrected chi connectivity index (χ2v) is 4.82. The van der Waals surface area contributed by atoms with Crippen molar-refractivity contribution in [2.45, 2.75) is 13.1 Å². The molecule has 0 saturated heterocycles. The maximum absolute atomic E-state index is 13.9. The van der Waals surface area contributed by atoms with Crippen LogP contribution in [0.5, 0.6) is 0 Å². The Balaban J connectivity index is 1.94. The van der Waals surface area contributed by atoms with Gasteiger partial charge in [0, 0.05) is 26.2 Å². The van der Waals surface area contributed by atoms with Crippen LogP contribution in [0.15, 0.2) is 48.5 Å². The lowest BCUT2D eigenvalue weighted by Gasteiger charge is -2.29. The highest BCUT2D eigenvalue weighted by Crippen LogP contribution is 2.22. The Hall–Kier alpha value is -1.87. The van der Waals surface area contributed by atoms with Crippen molar-refractivity contribution < 1.29 is 4.39 Å². The predicted molar refractivity (Wildman–Crippen MR) is 75.6 cm³/mol. The number of nitrogens with zero attached hydrogens (tertiary/aromatic N) is 1. The number of para-hydroxylation sites is 1. The van der Waals surface area contributed by atoms with Crippen molar-refractivity contribution in [1.29, 1.82) is 0 Å². The van der Waals surface area contributed by atoms with E-state index < -0.39 is 0 Å². The van der Waals surface area contributed by atoms with E-state index in [1.54, 1.807) is 6.07 Å². The predicted octanol–water partition coefficient (Wildman–Crippen LogP) is 2.94. The van der Waals surface area contributed by atoms with E-state index in [-0.39, 0.29) is 5.82 Å². The third kappa shape index (κ3) is 2.61. The van der Waals surface area contributed by atoms with Gasteiger partial charge in [0.05, 0.1) is 5.69 Å². The Morgan fingerprint density at radius 1 is 0.947 bits per heavy atom. The zero-order valence-corrected chi connectivity index (χ0v) is 10.8. The van der Waals surface area contributed by atoms with Crippen LogP contribution in [0.3, 0.4) is 0 Å². The summed E-state index contributed by atoms with van der Waals surface area (Å²) in [7, 11) is 0. The normalized spacial score (nSPS) is 15.5. The fraction of sp³-hybridized carbons (Fsp3) is 0.250. The van der Waals surface area contributed by atoms with E-state index in [1.165, 1.54) is 17.2 Å². The molecule has 1 N–H and O–H groups in total. The molecule has 0 aromatic heterocycles. The Bertz CT molecular complexity index is 568. The Morgan fingerprint density at radius 3 is 2.53 bits per heavy atom. The van der Waals surface area contributed by atoms with Crippen molar-refractivity contribution in [3.05, 3.63) is 65.5 Å². The number of nitrogens with one attached hydrogen (secondary N) is 1. The third-order valence-corrected chi connectivity index (χ3v) is 3.55. The second-order valence-electron chi connectivity index (χ2n) is 4.82. The summed E-state index contributed by atoms with van der Waals surface area (Å²) in [6.45, 7) is 3.33. The Morgan fingerprint density at radius 2 is 1.68 bits per heavy atom. The summed E-state index contributed by atoms with van der Waals surface area (Å²) in [6.07, 6.45) is 0. The maximum atomic E-state index is 13.9. The lowest BCUT2D eigenvalue weighted by Crippen LogP contribution is -2.35. The molecule has 2 nitrogen and oxygen atoms in total. The summed E-state index contributed by atoms with van der Waals surface area (Å²) in [5.41, 5.74) is 3.24. The molecule has 1 heterocycles. The molecule has 0 amide bonds. The zero-order chi connectivity index (χ0) is 13.1. The molecule has 2 aromatic carbocycles. The topological polar surface area (TPSA) is 15.3 Å². The van der Waals surface area contributed by atoms with Gasteiger partial charge in [0.1, 0.15) is 5.82 Å². The molecule has 1 aliphatic rings. The van der Waals surface area contributed by atoms with Crippen molar-refractivity contribution >= 4 is 5.69 Å². The number of halogens is 1. The van der Waals surface area contributed by atoms with Gasteiger partial charge in [-0.15, -0.1) is 0 Å². The minimum atomic E-state index is -0.152. The molecular weight excluding hydrogens is 239 g/mol. The SMILES string of the molecule is Fc1ccccc1N1CCNCc2ccccc2C1. The first kappa shape index (κ1) is 12.2. The molecule has 0 spiro atoms. The standard InChI is InChI=1S/C16H17FN2/c17-15-7-3-4-8-16(15)19-10-9-18-11-13-5-1-2-6-14(13)12-19/h1-8,18H,9-12H2. The van der Waals surface area contributed by atoms with E-state index in [0.29, 0.717) is 5.69 Å². The van der Waals surface area contributed by atoms with Crippen molar-refractivity contribution in [2.24, 2.45) is 0 Å². The minimum Gasteiger partial charge on any atom is -0.364 e. The number of rotatable bonds is 1. The summed E-state index contributed by atoms with van der Waals surface area (Å²) in [4.78, 5) is 2.10. The lowest BCUT2D eigenvalue weighted by molar-refractivity contribution is 0.595. The van der Waals surface area contributed by atoms with Crippen LogP contribution in [0.2, 0.25) is 0 Å². The number of fused-ring (bicyclic) bond motifs is 1. The Kier molecular flexibility index (Phi) is 3.47. The molecule has 0 aliphatic carbocycles. The van der Waals surface area contributed by atoms with Crippen molar-refractivity contribution in [2.75, 3.05) is 18.0 Å². The summed E-state index contributed by atoms with van der Waals surface area (Å²) in [5, 5.41) is 3.40. The van der Waals surface area contributed by atoms with Gasteiger partial charge in [0.15, 0.2) is 0 Å². The highest BCUT2D eigenvalue weighted by atomic mass is 19.1. The first-order chi connectivity index (χ1) is 9.34. The number of hydrogen-bond donors (Lipinski definition) is 1. The fourth-order valence-electron chi connectivity index (χ4n) is 2.52. The molecule has 0 atom stereocenters. The molecule has 0 bridgehead atoms. The average molecular weight is 256 g/mol. The van der Waals surface area contributed by atoms with Crippen molar-refractivity contribution in [1.82, 2.24) is 5.32 Å². The smallest absolute Gasteiger partial charge is 0.146 e. The summed E-state index contributed by atoms with van der Waals surface area (Å²) in [6, 6.07) is 15.3. The molecule has 98 valence electrons. The van der Waals surface area contributed by atoms with Crippen LogP contribution in [0.25, 0.3) is 0 Å². The van der Waals surface area contributed by atoms with Crippen LogP contribution in [-0.2, 0) is 13.1 Å². The molecule has 0 unspecified atom stereocenters. The van der Waals surface area contributed by atoms with Crippen LogP contribution >= 0.6 is 0 Å². The molecular formula is C16H17FN2. The summed E-state index contributed by atoms with van der Waals surface area (Å²) >= 11 is 0. The quantitative estimate of drug-likeness (QED) is 0.844. The van der Waals surface area contributed by atoms with Crippen LogP contribution in [0.1, 0.15) is 11.1 Å². The van der Waals surface area contributed by atoms with E-state index in [1.807, 2.05) is 18.2 Å². The largest absolute Gasteiger partial charge is 0.364 e. The van der Waals surface area contributed by atoms with E-state index in [0.717, 1.165) is 26.2 Å². The van der Waals surface area contributed by atoms with E-state index in [4.69, 9.17) is 0 Å². The summed E-state index contributed by atoms with van der Waals surface area (Å²) < 4.78 is 13.9. The first-order valence-electron chi connectivity index (χ1n) is 6.61. The van der Waals surface area contributed by atoms with Gasteiger partial charge in [-0.2, -0.15) is 0 Å². The molecule has 0 saturated carbocycles. The average Bonchev–Trinajstić information content (AvgIpc) is 2.41. The van der Waals surface area contributed by atoms with Gasteiger partial charge in [0.25, 0.3) is 0 Å². The first-order valence-corrected chi connectivity index (χ1v) is 6.61. The van der Waals surface area contributed by atoms with Crippen LogP contribution in [0, 0.1) is 5.82 Å². The highest BCUT2D eigenvalue weighted by Gasteiger charge is 2.15. The third-order valence-electron chi connectivity index (χ3n) is 3.55. The monoisotopic (exact) mass is 256 g/mol. The molecule has 0 radical (unpaired) electrons. The van der Waals surface area contributed by atoms with Crippen molar-refractivity contribution in [3.8, 4) is 0 Å². The summed E-state index contributed by atoms with van der Waals surface area (Å²) in [5.74, 6) is -0.152. The number of anilines is 1. The number of benzene rings is 2. The molecule has 0 fully saturated rings. The molecule has 3 rings (SSSR count). The van der Waals surface area contributed by atoms with Gasteiger partial charge in [0.2, 0.25) is 0 Å². The highest BCUT2D eigenvalue weighted by molar-refractivity contribution is 5.49. The van der Waals surface area contributed by atoms with E-state index >= 15 is 0 Å². The van der Waals surface area contributed by atoms with Gasteiger partial charge >= 0.3 is 0 Å². The van der Waals surface area contributed by atoms with Crippen LogP contribution < -0.4 is 10.2 Å². The van der Waals surface area contributed by atoms with E-state index in [2.05, 4.69) is 28.4 Å². The van der Waals surface area contributed by atoms with Crippen LogP contribution in [-0.4, -0.2) is 13.1 Å². The van der Waals surface area contributed by atoms with E-state index in [9.17, 15) is 4.39 Å². The van der Waals surface area contributed by atoms with Gasteiger partial charge in [-0.1, -0.05) is 36.4 Å². The zero-order valence-electron chi connectivity index (χ0n) is 10.8. The minimum absolute atomic E-state index is 0.152.